The van der Waals surface area contributed by atoms with Crippen molar-refractivity contribution in [2.24, 2.45) is 0 Å². The Labute approximate surface area is 120 Å². The van der Waals surface area contributed by atoms with Gasteiger partial charge in [-0.2, -0.15) is 0 Å². The van der Waals surface area contributed by atoms with E-state index >= 15 is 0 Å². The summed E-state index contributed by atoms with van der Waals surface area (Å²) in [5.74, 6) is 0. The Hall–Kier alpha value is -1.55. The SMILES string of the molecule is Cc1cc(CO)cc2c1CN(C(=O)OC(C)(C)C)CC2. The van der Waals surface area contributed by atoms with Crippen LogP contribution in [0.25, 0.3) is 0 Å². The number of aliphatic hydroxyl groups excluding tert-OH is 1. The first-order valence-corrected chi connectivity index (χ1v) is 7.00. The fourth-order valence-electron chi connectivity index (χ4n) is 2.52. The predicted octanol–water partition coefficient (Wildman–Crippen LogP) is 2.78. The molecule has 0 saturated carbocycles. The normalized spacial score (nSPS) is 14.9. The number of fused-ring (bicyclic) bond motifs is 1. The third-order valence-electron chi connectivity index (χ3n) is 3.46. The van der Waals surface area contributed by atoms with Gasteiger partial charge in [0.1, 0.15) is 5.60 Å². The molecule has 110 valence electrons. The molecule has 4 nitrogen and oxygen atoms in total. The second-order valence-electron chi connectivity index (χ2n) is 6.36. The molecule has 1 amide bonds. The lowest BCUT2D eigenvalue weighted by atomic mass is 9.93. The zero-order valence-electron chi connectivity index (χ0n) is 12.7. The van der Waals surface area contributed by atoms with Crippen molar-refractivity contribution in [3.05, 3.63) is 34.4 Å². The average molecular weight is 277 g/mol. The molecule has 0 aromatic heterocycles. The second kappa shape index (κ2) is 5.44. The van der Waals surface area contributed by atoms with Gasteiger partial charge in [-0.25, -0.2) is 4.79 Å². The lowest BCUT2D eigenvalue weighted by Crippen LogP contribution is -2.40. The van der Waals surface area contributed by atoms with E-state index in [-0.39, 0.29) is 12.7 Å². The standard InChI is InChI=1S/C16H23NO3/c1-11-7-12(10-18)8-13-5-6-17(9-14(11)13)15(19)20-16(2,3)4/h7-8,18H,5-6,9-10H2,1-4H3. The Morgan fingerprint density at radius 1 is 1.40 bits per heavy atom. The Bertz CT molecular complexity index is 517. The molecule has 0 radical (unpaired) electrons. The molecule has 2 rings (SSSR count). The Kier molecular flexibility index (Phi) is 4.04. The first-order valence-electron chi connectivity index (χ1n) is 7.00. The zero-order chi connectivity index (χ0) is 14.9. The van der Waals surface area contributed by atoms with E-state index in [4.69, 9.17) is 4.74 Å². The van der Waals surface area contributed by atoms with Gasteiger partial charge in [0.15, 0.2) is 0 Å². The fraction of sp³-hybridized carbons (Fsp3) is 0.562. The number of hydrogen-bond donors (Lipinski definition) is 1. The van der Waals surface area contributed by atoms with Crippen molar-refractivity contribution in [1.82, 2.24) is 4.90 Å². The van der Waals surface area contributed by atoms with E-state index in [9.17, 15) is 9.90 Å². The molecule has 0 saturated heterocycles. The summed E-state index contributed by atoms with van der Waals surface area (Å²) in [5.41, 5.74) is 4.01. The zero-order valence-corrected chi connectivity index (χ0v) is 12.7. The van der Waals surface area contributed by atoms with Crippen LogP contribution in [0, 0.1) is 6.92 Å². The maximum absolute atomic E-state index is 12.1. The summed E-state index contributed by atoms with van der Waals surface area (Å²) in [6.45, 7) is 8.96. The summed E-state index contributed by atoms with van der Waals surface area (Å²) in [6, 6.07) is 4.02. The Balaban J connectivity index is 2.17. The number of hydrogen-bond acceptors (Lipinski definition) is 3. The topological polar surface area (TPSA) is 49.8 Å². The highest BCUT2D eigenvalue weighted by molar-refractivity contribution is 5.69. The average Bonchev–Trinajstić information content (AvgIpc) is 2.36. The largest absolute Gasteiger partial charge is 0.444 e. The smallest absolute Gasteiger partial charge is 0.410 e. The van der Waals surface area contributed by atoms with Crippen molar-refractivity contribution >= 4 is 6.09 Å². The molecule has 1 aliphatic heterocycles. The van der Waals surface area contributed by atoms with E-state index in [0.29, 0.717) is 13.1 Å². The number of aryl methyl sites for hydroxylation is 1. The first-order chi connectivity index (χ1) is 9.30. The van der Waals surface area contributed by atoms with E-state index in [1.807, 2.05) is 39.8 Å². The molecular weight excluding hydrogens is 254 g/mol. The molecule has 1 N–H and O–H groups in total. The number of amides is 1. The summed E-state index contributed by atoms with van der Waals surface area (Å²) in [5, 5.41) is 9.25. The number of carbonyl (C=O) groups excluding carboxylic acids is 1. The van der Waals surface area contributed by atoms with E-state index in [1.54, 1.807) is 4.90 Å². The quantitative estimate of drug-likeness (QED) is 0.858. The van der Waals surface area contributed by atoms with Crippen LogP contribution in [0.15, 0.2) is 12.1 Å². The van der Waals surface area contributed by atoms with Crippen molar-refractivity contribution < 1.29 is 14.6 Å². The van der Waals surface area contributed by atoms with Crippen LogP contribution in [0.2, 0.25) is 0 Å². The van der Waals surface area contributed by atoms with Gasteiger partial charge in [0, 0.05) is 13.1 Å². The number of aliphatic hydroxyl groups is 1. The van der Waals surface area contributed by atoms with Gasteiger partial charge >= 0.3 is 6.09 Å². The molecule has 1 aromatic rings. The molecule has 0 unspecified atom stereocenters. The van der Waals surface area contributed by atoms with Crippen molar-refractivity contribution in [1.29, 1.82) is 0 Å². The van der Waals surface area contributed by atoms with Gasteiger partial charge in [-0.3, -0.25) is 0 Å². The van der Waals surface area contributed by atoms with Crippen LogP contribution >= 0.6 is 0 Å². The molecular formula is C16H23NO3. The molecule has 4 heteroatoms. The first kappa shape index (κ1) is 14.9. The van der Waals surface area contributed by atoms with Gasteiger partial charge < -0.3 is 14.7 Å². The van der Waals surface area contributed by atoms with E-state index in [2.05, 4.69) is 0 Å². The summed E-state index contributed by atoms with van der Waals surface area (Å²) >= 11 is 0. The fourth-order valence-corrected chi connectivity index (χ4v) is 2.52. The van der Waals surface area contributed by atoms with Gasteiger partial charge in [-0.15, -0.1) is 0 Å². The lowest BCUT2D eigenvalue weighted by molar-refractivity contribution is 0.0223. The van der Waals surface area contributed by atoms with Crippen molar-refractivity contribution in [3.63, 3.8) is 0 Å². The highest BCUT2D eigenvalue weighted by atomic mass is 16.6. The highest BCUT2D eigenvalue weighted by Crippen LogP contribution is 2.25. The minimum absolute atomic E-state index is 0.0594. The monoisotopic (exact) mass is 277 g/mol. The van der Waals surface area contributed by atoms with Crippen LogP contribution in [-0.2, 0) is 24.3 Å². The number of carbonyl (C=O) groups is 1. The van der Waals surface area contributed by atoms with Crippen LogP contribution in [0.4, 0.5) is 4.79 Å². The minimum atomic E-state index is -0.465. The number of rotatable bonds is 1. The number of ether oxygens (including phenoxy) is 1. The van der Waals surface area contributed by atoms with Crippen molar-refractivity contribution in [2.45, 2.75) is 52.9 Å². The van der Waals surface area contributed by atoms with Gasteiger partial charge in [0.05, 0.1) is 6.61 Å². The summed E-state index contributed by atoms with van der Waals surface area (Å²) in [4.78, 5) is 13.9. The van der Waals surface area contributed by atoms with Gasteiger partial charge in [-0.05, 0) is 56.4 Å². The van der Waals surface area contributed by atoms with Crippen LogP contribution in [0.5, 0.6) is 0 Å². The second-order valence-corrected chi connectivity index (χ2v) is 6.36. The van der Waals surface area contributed by atoms with Gasteiger partial charge in [-0.1, -0.05) is 12.1 Å². The maximum Gasteiger partial charge on any atom is 0.410 e. The highest BCUT2D eigenvalue weighted by Gasteiger charge is 2.26. The molecule has 1 aromatic carbocycles. The molecule has 0 spiro atoms. The van der Waals surface area contributed by atoms with E-state index in [0.717, 1.165) is 17.5 Å². The van der Waals surface area contributed by atoms with Crippen molar-refractivity contribution in [2.75, 3.05) is 6.54 Å². The lowest BCUT2D eigenvalue weighted by Gasteiger charge is -2.32. The molecule has 1 heterocycles. The van der Waals surface area contributed by atoms with Gasteiger partial charge in [0.2, 0.25) is 0 Å². The van der Waals surface area contributed by atoms with E-state index in [1.165, 1.54) is 11.1 Å². The summed E-state index contributed by atoms with van der Waals surface area (Å²) in [6.07, 6.45) is 0.553. The Morgan fingerprint density at radius 3 is 2.70 bits per heavy atom. The van der Waals surface area contributed by atoms with Crippen LogP contribution < -0.4 is 0 Å². The van der Waals surface area contributed by atoms with Crippen LogP contribution in [0.1, 0.15) is 43.0 Å². The van der Waals surface area contributed by atoms with Crippen molar-refractivity contribution in [3.8, 4) is 0 Å². The summed E-state index contributed by atoms with van der Waals surface area (Å²) in [7, 11) is 0. The maximum atomic E-state index is 12.1. The third kappa shape index (κ3) is 3.31. The molecule has 0 aliphatic carbocycles. The minimum Gasteiger partial charge on any atom is -0.444 e. The predicted molar refractivity (Wildman–Crippen MR) is 77.4 cm³/mol. The van der Waals surface area contributed by atoms with Crippen LogP contribution in [0.3, 0.4) is 0 Å². The number of benzene rings is 1. The third-order valence-corrected chi connectivity index (χ3v) is 3.46. The number of nitrogens with zero attached hydrogens (tertiary/aromatic N) is 1. The van der Waals surface area contributed by atoms with Crippen LogP contribution in [-0.4, -0.2) is 28.2 Å². The molecule has 0 atom stereocenters. The van der Waals surface area contributed by atoms with E-state index < -0.39 is 5.60 Å². The summed E-state index contributed by atoms with van der Waals surface area (Å²) < 4.78 is 5.42. The van der Waals surface area contributed by atoms with Gasteiger partial charge in [0.25, 0.3) is 0 Å². The molecule has 20 heavy (non-hydrogen) atoms. The molecule has 0 bridgehead atoms. The molecule has 1 aliphatic rings. The Morgan fingerprint density at radius 2 is 2.10 bits per heavy atom. The molecule has 0 fully saturated rings.